The number of rotatable bonds is 6. The number of hydrogen-bond donors (Lipinski definition) is 1. The van der Waals surface area contributed by atoms with Crippen molar-refractivity contribution in [3.05, 3.63) is 89.0 Å². The first kappa shape index (κ1) is 23.9. The predicted octanol–water partition coefficient (Wildman–Crippen LogP) is 4.24. The Bertz CT molecular complexity index is 1190. The van der Waals surface area contributed by atoms with Crippen molar-refractivity contribution >= 4 is 5.91 Å². The summed E-state index contributed by atoms with van der Waals surface area (Å²) < 4.78 is 1.47. The largest absolute Gasteiger partial charge is 0.388 e. The van der Waals surface area contributed by atoms with Crippen molar-refractivity contribution in [2.45, 2.75) is 63.6 Å². The second-order valence-electron chi connectivity index (χ2n) is 10.1. The lowest BCUT2D eigenvalue weighted by Gasteiger charge is -2.49. The summed E-state index contributed by atoms with van der Waals surface area (Å²) in [4.78, 5) is 32.3. The highest BCUT2D eigenvalue weighted by atomic mass is 16.3. The van der Waals surface area contributed by atoms with Gasteiger partial charge in [0.2, 0.25) is 5.91 Å². The van der Waals surface area contributed by atoms with Crippen molar-refractivity contribution < 1.29 is 9.90 Å². The first-order valence-electron chi connectivity index (χ1n) is 11.9. The number of nitrogens with zero attached hydrogens (tertiary/aromatic N) is 3. The SMILES string of the molecule is C[C@H](CC(=O)N1CC[C@@](O)(Cn2cnc(-c3ccccc3)cc2=O)CC1(C)C)c1ccccc1. The summed E-state index contributed by atoms with van der Waals surface area (Å²) in [6.07, 6.45) is 2.73. The van der Waals surface area contributed by atoms with E-state index in [0.29, 0.717) is 31.5 Å². The van der Waals surface area contributed by atoms with Crippen molar-refractivity contribution in [3.8, 4) is 11.3 Å². The van der Waals surface area contributed by atoms with Crippen LogP contribution in [0.5, 0.6) is 0 Å². The van der Waals surface area contributed by atoms with E-state index in [1.807, 2.05) is 79.4 Å². The van der Waals surface area contributed by atoms with Crippen LogP contribution in [0.2, 0.25) is 0 Å². The van der Waals surface area contributed by atoms with Crippen LogP contribution in [0.15, 0.2) is 77.9 Å². The molecule has 1 amide bonds. The summed E-state index contributed by atoms with van der Waals surface area (Å²) >= 11 is 0. The number of carbonyl (C=O) groups excluding carboxylic acids is 1. The molecule has 6 nitrogen and oxygen atoms in total. The minimum Gasteiger partial charge on any atom is -0.388 e. The average molecular weight is 460 g/mol. The summed E-state index contributed by atoms with van der Waals surface area (Å²) in [5.74, 6) is 0.215. The highest BCUT2D eigenvalue weighted by Crippen LogP contribution is 2.36. The fourth-order valence-corrected chi connectivity index (χ4v) is 5.11. The lowest BCUT2D eigenvalue weighted by atomic mass is 9.78. The van der Waals surface area contributed by atoms with Crippen LogP contribution in [0.3, 0.4) is 0 Å². The van der Waals surface area contributed by atoms with Gasteiger partial charge < -0.3 is 10.0 Å². The summed E-state index contributed by atoms with van der Waals surface area (Å²) in [7, 11) is 0. The van der Waals surface area contributed by atoms with Gasteiger partial charge in [0.05, 0.1) is 24.2 Å². The topological polar surface area (TPSA) is 75.4 Å². The number of amides is 1. The summed E-state index contributed by atoms with van der Waals surface area (Å²) in [6.45, 7) is 6.65. The molecule has 0 spiro atoms. The van der Waals surface area contributed by atoms with Gasteiger partial charge in [-0.3, -0.25) is 14.2 Å². The van der Waals surface area contributed by atoms with Crippen LogP contribution < -0.4 is 5.56 Å². The molecule has 0 unspecified atom stereocenters. The van der Waals surface area contributed by atoms with Gasteiger partial charge in [-0.15, -0.1) is 0 Å². The molecule has 178 valence electrons. The third kappa shape index (κ3) is 5.28. The minimum absolute atomic E-state index is 0.0921. The van der Waals surface area contributed by atoms with Crippen molar-refractivity contribution in [2.24, 2.45) is 0 Å². The molecule has 1 aliphatic heterocycles. The number of hydrogen-bond acceptors (Lipinski definition) is 4. The van der Waals surface area contributed by atoms with E-state index in [2.05, 4.69) is 11.9 Å². The van der Waals surface area contributed by atoms with Crippen LogP contribution in [0, 0.1) is 0 Å². The normalized spacial score (nSPS) is 20.6. The molecule has 2 heterocycles. The van der Waals surface area contributed by atoms with Crippen LogP contribution in [-0.4, -0.2) is 43.1 Å². The summed E-state index contributed by atoms with van der Waals surface area (Å²) in [6, 6.07) is 21.1. The molecular weight excluding hydrogens is 426 g/mol. The Morgan fingerprint density at radius 1 is 1.09 bits per heavy atom. The van der Waals surface area contributed by atoms with Gasteiger partial charge in [-0.25, -0.2) is 4.98 Å². The maximum Gasteiger partial charge on any atom is 0.253 e. The molecule has 34 heavy (non-hydrogen) atoms. The highest BCUT2D eigenvalue weighted by molar-refractivity contribution is 5.78. The summed E-state index contributed by atoms with van der Waals surface area (Å²) in [5.41, 5.74) is 0.820. The third-order valence-corrected chi connectivity index (χ3v) is 6.86. The highest BCUT2D eigenvalue weighted by Gasteiger charge is 2.45. The van der Waals surface area contributed by atoms with Gasteiger partial charge >= 0.3 is 0 Å². The van der Waals surface area contributed by atoms with E-state index in [1.54, 1.807) is 0 Å². The maximum atomic E-state index is 13.2. The Labute approximate surface area is 200 Å². The molecule has 3 aromatic rings. The number of likely N-dealkylation sites (tertiary alicyclic amines) is 1. The second-order valence-corrected chi connectivity index (χ2v) is 10.1. The molecule has 0 radical (unpaired) electrons. The van der Waals surface area contributed by atoms with E-state index in [1.165, 1.54) is 17.0 Å². The summed E-state index contributed by atoms with van der Waals surface area (Å²) in [5, 5.41) is 11.4. The predicted molar refractivity (Wildman–Crippen MR) is 133 cm³/mol. The molecule has 1 aromatic heterocycles. The minimum atomic E-state index is -1.09. The van der Waals surface area contributed by atoms with E-state index >= 15 is 0 Å². The van der Waals surface area contributed by atoms with Gasteiger partial charge in [0.1, 0.15) is 0 Å². The van der Waals surface area contributed by atoms with Crippen molar-refractivity contribution in [3.63, 3.8) is 0 Å². The fourth-order valence-electron chi connectivity index (χ4n) is 5.11. The Morgan fingerprint density at radius 2 is 1.74 bits per heavy atom. The van der Waals surface area contributed by atoms with Gasteiger partial charge in [0.15, 0.2) is 0 Å². The molecule has 1 fully saturated rings. The second kappa shape index (κ2) is 9.55. The Hall–Kier alpha value is -3.25. The van der Waals surface area contributed by atoms with E-state index in [9.17, 15) is 14.7 Å². The Kier molecular flexibility index (Phi) is 6.71. The molecular formula is C28H33N3O3. The Morgan fingerprint density at radius 3 is 2.35 bits per heavy atom. The molecule has 6 heteroatoms. The van der Waals surface area contributed by atoms with E-state index in [4.69, 9.17) is 0 Å². The molecule has 0 aliphatic carbocycles. The van der Waals surface area contributed by atoms with Gasteiger partial charge in [-0.05, 0) is 31.7 Å². The Balaban J connectivity index is 1.44. The van der Waals surface area contributed by atoms with E-state index in [-0.39, 0.29) is 23.9 Å². The maximum absolute atomic E-state index is 13.2. The van der Waals surface area contributed by atoms with Crippen molar-refractivity contribution in [1.29, 1.82) is 0 Å². The molecule has 1 N–H and O–H groups in total. The zero-order valence-electron chi connectivity index (χ0n) is 20.1. The van der Waals surface area contributed by atoms with Crippen LogP contribution in [0.1, 0.15) is 51.5 Å². The lowest BCUT2D eigenvalue weighted by molar-refractivity contribution is -0.148. The first-order chi connectivity index (χ1) is 16.2. The zero-order valence-corrected chi connectivity index (χ0v) is 20.1. The quantitative estimate of drug-likeness (QED) is 0.598. The molecule has 2 atom stereocenters. The van der Waals surface area contributed by atoms with Gasteiger partial charge in [0, 0.05) is 36.6 Å². The van der Waals surface area contributed by atoms with Crippen molar-refractivity contribution in [1.82, 2.24) is 14.5 Å². The van der Waals surface area contributed by atoms with Crippen molar-refractivity contribution in [2.75, 3.05) is 6.54 Å². The van der Waals surface area contributed by atoms with Crippen LogP contribution in [0.25, 0.3) is 11.3 Å². The standard InChI is InChI=1S/C28H33N3O3/c1-21(22-10-6-4-7-11-22)16-26(33)31-15-14-28(34,18-27(31,2)3)19-30-20-29-24(17-25(30)32)23-12-8-5-9-13-23/h4-13,17,20-21,34H,14-16,18-19H2,1-3H3/t21-,28+/m1/s1. The smallest absolute Gasteiger partial charge is 0.253 e. The zero-order chi connectivity index (χ0) is 24.3. The van der Waals surface area contributed by atoms with Gasteiger partial charge in [-0.2, -0.15) is 0 Å². The first-order valence-corrected chi connectivity index (χ1v) is 11.9. The molecule has 0 bridgehead atoms. The molecule has 2 aromatic carbocycles. The number of aliphatic hydroxyl groups is 1. The molecule has 4 rings (SSSR count). The third-order valence-electron chi connectivity index (χ3n) is 6.86. The lowest BCUT2D eigenvalue weighted by Crippen LogP contribution is -2.59. The average Bonchev–Trinajstić information content (AvgIpc) is 2.80. The van der Waals surface area contributed by atoms with Gasteiger partial charge in [0.25, 0.3) is 5.56 Å². The van der Waals surface area contributed by atoms with E-state index < -0.39 is 11.1 Å². The number of piperidine rings is 1. The van der Waals surface area contributed by atoms with Crippen LogP contribution in [-0.2, 0) is 11.3 Å². The van der Waals surface area contributed by atoms with Gasteiger partial charge in [-0.1, -0.05) is 67.6 Å². The van der Waals surface area contributed by atoms with Crippen LogP contribution in [0.4, 0.5) is 0 Å². The fraction of sp³-hybridized carbons (Fsp3) is 0.393. The molecule has 1 saturated heterocycles. The number of benzene rings is 2. The van der Waals surface area contributed by atoms with E-state index in [0.717, 1.165) is 11.1 Å². The number of carbonyl (C=O) groups is 1. The van der Waals surface area contributed by atoms with Crippen LogP contribution >= 0.6 is 0 Å². The monoisotopic (exact) mass is 459 g/mol. The molecule has 0 saturated carbocycles. The molecule has 1 aliphatic rings. The number of aromatic nitrogens is 2.